The SMILES string of the molecule is CC(=O)c1ccc(-c2ccc(C3CC(=O)Nc4c3c(C)nn4-c3ccc(Cl)nn3)o2)cc1. The average molecular weight is 448 g/mol. The number of fused-ring (bicyclic) bond motifs is 1. The van der Waals surface area contributed by atoms with Crippen molar-refractivity contribution in [1.82, 2.24) is 20.0 Å². The maximum absolute atomic E-state index is 12.6. The quantitative estimate of drug-likeness (QED) is 0.460. The number of halogens is 1. The van der Waals surface area contributed by atoms with E-state index in [0.29, 0.717) is 28.7 Å². The normalized spacial score (nSPS) is 15.3. The number of aryl methyl sites for hydroxylation is 1. The van der Waals surface area contributed by atoms with Gasteiger partial charge >= 0.3 is 0 Å². The number of ketones is 1. The Kier molecular flexibility index (Phi) is 4.86. The second-order valence-electron chi connectivity index (χ2n) is 7.61. The summed E-state index contributed by atoms with van der Waals surface area (Å²) in [5.41, 5.74) is 3.12. The summed E-state index contributed by atoms with van der Waals surface area (Å²) >= 11 is 5.85. The van der Waals surface area contributed by atoms with E-state index in [1.165, 1.54) is 6.92 Å². The summed E-state index contributed by atoms with van der Waals surface area (Å²) in [5.74, 6) is 1.89. The zero-order valence-corrected chi connectivity index (χ0v) is 18.1. The van der Waals surface area contributed by atoms with Crippen molar-refractivity contribution in [2.45, 2.75) is 26.2 Å². The summed E-state index contributed by atoms with van der Waals surface area (Å²) in [6, 6.07) is 14.3. The first-order chi connectivity index (χ1) is 15.4. The largest absolute Gasteiger partial charge is 0.460 e. The molecule has 5 rings (SSSR count). The zero-order valence-electron chi connectivity index (χ0n) is 17.3. The highest BCUT2D eigenvalue weighted by Gasteiger charge is 2.34. The third-order valence-electron chi connectivity index (χ3n) is 5.48. The number of amides is 1. The van der Waals surface area contributed by atoms with Crippen molar-refractivity contribution in [3.63, 3.8) is 0 Å². The van der Waals surface area contributed by atoms with Crippen molar-refractivity contribution < 1.29 is 14.0 Å². The number of hydrogen-bond acceptors (Lipinski definition) is 6. The molecule has 4 heterocycles. The molecule has 160 valence electrons. The van der Waals surface area contributed by atoms with Crippen molar-refractivity contribution in [2.75, 3.05) is 5.32 Å². The van der Waals surface area contributed by atoms with E-state index in [1.807, 2.05) is 31.2 Å². The average Bonchev–Trinajstić information content (AvgIpc) is 3.39. The van der Waals surface area contributed by atoms with Gasteiger partial charge in [0.15, 0.2) is 16.8 Å². The fourth-order valence-electron chi connectivity index (χ4n) is 3.94. The Bertz CT molecular complexity index is 1340. The first kappa shape index (κ1) is 20.1. The van der Waals surface area contributed by atoms with Gasteiger partial charge in [-0.15, -0.1) is 10.2 Å². The lowest BCUT2D eigenvalue weighted by atomic mass is 9.90. The van der Waals surface area contributed by atoms with E-state index < -0.39 is 0 Å². The van der Waals surface area contributed by atoms with Crippen LogP contribution < -0.4 is 5.32 Å². The maximum atomic E-state index is 12.6. The van der Waals surface area contributed by atoms with E-state index in [0.717, 1.165) is 16.8 Å². The summed E-state index contributed by atoms with van der Waals surface area (Å²) in [6.45, 7) is 3.41. The molecule has 8 nitrogen and oxygen atoms in total. The van der Waals surface area contributed by atoms with Gasteiger partial charge in [-0.2, -0.15) is 9.78 Å². The minimum atomic E-state index is -0.294. The smallest absolute Gasteiger partial charge is 0.226 e. The summed E-state index contributed by atoms with van der Waals surface area (Å²) in [6.07, 6.45) is 0.238. The molecule has 0 saturated carbocycles. The van der Waals surface area contributed by atoms with Crippen LogP contribution in [0, 0.1) is 6.92 Å². The lowest BCUT2D eigenvalue weighted by Gasteiger charge is -2.22. The van der Waals surface area contributed by atoms with E-state index in [2.05, 4.69) is 20.6 Å². The minimum absolute atomic E-state index is 0.00953. The van der Waals surface area contributed by atoms with E-state index >= 15 is 0 Å². The van der Waals surface area contributed by atoms with Crippen LogP contribution in [0.25, 0.3) is 17.1 Å². The van der Waals surface area contributed by atoms with Gasteiger partial charge in [0.1, 0.15) is 17.3 Å². The van der Waals surface area contributed by atoms with Crippen LogP contribution in [0.2, 0.25) is 5.15 Å². The van der Waals surface area contributed by atoms with Crippen LogP contribution in [0.5, 0.6) is 0 Å². The van der Waals surface area contributed by atoms with Crippen LogP contribution in [0.1, 0.15) is 46.6 Å². The van der Waals surface area contributed by atoms with Gasteiger partial charge in [0.25, 0.3) is 0 Å². The molecule has 1 aliphatic rings. The van der Waals surface area contributed by atoms with Crippen LogP contribution in [0.15, 0.2) is 52.9 Å². The van der Waals surface area contributed by atoms with Gasteiger partial charge < -0.3 is 9.73 Å². The minimum Gasteiger partial charge on any atom is -0.460 e. The Morgan fingerprint density at radius 1 is 1.12 bits per heavy atom. The first-order valence-corrected chi connectivity index (χ1v) is 10.4. The molecule has 0 fully saturated rings. The second-order valence-corrected chi connectivity index (χ2v) is 8.00. The number of aromatic nitrogens is 4. The summed E-state index contributed by atoms with van der Waals surface area (Å²) in [7, 11) is 0. The Balaban J connectivity index is 1.53. The third-order valence-corrected chi connectivity index (χ3v) is 5.69. The van der Waals surface area contributed by atoms with Gasteiger partial charge in [0.2, 0.25) is 5.91 Å². The van der Waals surface area contributed by atoms with Crippen molar-refractivity contribution in [3.05, 3.63) is 76.3 Å². The van der Waals surface area contributed by atoms with Crippen LogP contribution in [0.4, 0.5) is 5.82 Å². The van der Waals surface area contributed by atoms with Crippen molar-refractivity contribution in [1.29, 1.82) is 0 Å². The predicted octanol–water partition coefficient (Wildman–Crippen LogP) is 4.56. The third kappa shape index (κ3) is 3.48. The van der Waals surface area contributed by atoms with Crippen LogP contribution in [-0.2, 0) is 4.79 Å². The maximum Gasteiger partial charge on any atom is 0.226 e. The second kappa shape index (κ2) is 7.72. The molecule has 0 radical (unpaired) electrons. The van der Waals surface area contributed by atoms with Gasteiger partial charge in [0, 0.05) is 23.1 Å². The monoisotopic (exact) mass is 447 g/mol. The van der Waals surface area contributed by atoms with Crippen molar-refractivity contribution in [3.8, 4) is 17.1 Å². The van der Waals surface area contributed by atoms with E-state index in [9.17, 15) is 9.59 Å². The summed E-state index contributed by atoms with van der Waals surface area (Å²) in [5, 5.41) is 15.7. The van der Waals surface area contributed by atoms with Crippen LogP contribution >= 0.6 is 11.6 Å². The summed E-state index contributed by atoms with van der Waals surface area (Å²) < 4.78 is 7.71. The number of Topliss-reactive ketones (excluding diaryl/α,β-unsaturated/α-hetero) is 1. The molecule has 0 aliphatic carbocycles. The number of rotatable bonds is 4. The van der Waals surface area contributed by atoms with Crippen molar-refractivity contribution in [2.24, 2.45) is 0 Å². The van der Waals surface area contributed by atoms with Gasteiger partial charge in [0.05, 0.1) is 11.6 Å². The molecule has 1 unspecified atom stereocenters. The molecule has 0 bridgehead atoms. The molecule has 4 aromatic rings. The number of carbonyl (C=O) groups is 2. The van der Waals surface area contributed by atoms with Gasteiger partial charge in [-0.3, -0.25) is 9.59 Å². The van der Waals surface area contributed by atoms with Gasteiger partial charge in [-0.05, 0) is 38.1 Å². The number of nitrogens with one attached hydrogen (secondary N) is 1. The first-order valence-electron chi connectivity index (χ1n) is 10.0. The lowest BCUT2D eigenvalue weighted by Crippen LogP contribution is -2.24. The molecule has 1 amide bonds. The Hall–Kier alpha value is -3.78. The highest BCUT2D eigenvalue weighted by Crippen LogP contribution is 2.41. The predicted molar refractivity (Wildman–Crippen MR) is 118 cm³/mol. The highest BCUT2D eigenvalue weighted by molar-refractivity contribution is 6.29. The van der Waals surface area contributed by atoms with Gasteiger partial charge in [-0.25, -0.2) is 0 Å². The molecule has 0 spiro atoms. The highest BCUT2D eigenvalue weighted by atomic mass is 35.5. The molecule has 9 heteroatoms. The van der Waals surface area contributed by atoms with Gasteiger partial charge in [-0.1, -0.05) is 35.9 Å². The number of benzene rings is 1. The number of nitrogens with zero attached hydrogens (tertiary/aromatic N) is 4. The van der Waals surface area contributed by atoms with E-state index in [1.54, 1.807) is 28.9 Å². The molecule has 3 aromatic heterocycles. The molecule has 1 aliphatic heterocycles. The summed E-state index contributed by atoms with van der Waals surface area (Å²) in [4.78, 5) is 24.1. The fraction of sp³-hybridized carbons (Fsp3) is 0.174. The number of carbonyl (C=O) groups excluding carboxylic acids is 2. The molecular weight excluding hydrogens is 430 g/mol. The number of furan rings is 1. The zero-order chi connectivity index (χ0) is 22.4. The standard InChI is InChI=1S/C23H18ClN5O3/c1-12-22-16(18-8-7-17(32-18)15-5-3-14(4-6-15)13(2)30)11-21(31)25-23(22)29(28-12)20-10-9-19(24)26-27-20/h3-10,16H,11H2,1-2H3,(H,25,31). The van der Waals surface area contributed by atoms with Crippen molar-refractivity contribution >= 4 is 29.1 Å². The number of anilines is 1. The molecule has 1 aromatic carbocycles. The molecular formula is C23H18ClN5O3. The number of hydrogen-bond donors (Lipinski definition) is 1. The van der Waals surface area contributed by atoms with Crippen LogP contribution in [0.3, 0.4) is 0 Å². The molecule has 1 N–H and O–H groups in total. The lowest BCUT2D eigenvalue weighted by molar-refractivity contribution is -0.116. The molecule has 0 saturated heterocycles. The molecule has 1 atom stereocenters. The Morgan fingerprint density at radius 2 is 1.91 bits per heavy atom. The van der Waals surface area contributed by atoms with Crippen LogP contribution in [-0.4, -0.2) is 31.7 Å². The van der Waals surface area contributed by atoms with E-state index in [4.69, 9.17) is 16.0 Å². The fourth-order valence-corrected chi connectivity index (χ4v) is 4.04. The topological polar surface area (TPSA) is 103 Å². The molecule has 32 heavy (non-hydrogen) atoms. The Labute approximate surface area is 188 Å². The van der Waals surface area contributed by atoms with E-state index in [-0.39, 0.29) is 29.2 Å². The Morgan fingerprint density at radius 3 is 2.59 bits per heavy atom.